The van der Waals surface area contributed by atoms with Gasteiger partial charge in [-0.25, -0.2) is 0 Å². The summed E-state index contributed by atoms with van der Waals surface area (Å²) >= 11 is -1.62. The molecule has 12 heavy (non-hydrogen) atoms. The zero-order valence-corrected chi connectivity index (χ0v) is 11.5. The minimum absolute atomic E-state index is 0.892. The maximum atomic E-state index is 2.65. The van der Waals surface area contributed by atoms with Gasteiger partial charge in [-0.05, 0) is 0 Å². The first-order valence-corrected chi connectivity index (χ1v) is 15.2. The number of hydrogen-bond donors (Lipinski definition) is 0. The zero-order valence-electron chi connectivity index (χ0n) is 8.69. The van der Waals surface area contributed by atoms with Crippen LogP contribution >= 0.6 is 0 Å². The van der Waals surface area contributed by atoms with E-state index in [1.54, 1.807) is 0 Å². The molecule has 2 heteroatoms. The van der Waals surface area contributed by atoms with Gasteiger partial charge in [-0.2, -0.15) is 0 Å². The molecule has 1 nitrogen and oxygen atoms in total. The molecule has 3 fully saturated rings. The van der Waals surface area contributed by atoms with Crippen LogP contribution in [0.1, 0.15) is 19.3 Å². The van der Waals surface area contributed by atoms with Gasteiger partial charge in [0.1, 0.15) is 0 Å². The zero-order chi connectivity index (χ0) is 8.82. The molecule has 0 aliphatic carbocycles. The molecule has 0 radical (unpaired) electrons. The summed E-state index contributed by atoms with van der Waals surface area (Å²) in [5.41, 5.74) is 0. The SMILES string of the molecule is [CH3][Sn]([CH3])([CH3])[C]12CCN(CC1)CC2. The fraction of sp³-hybridized carbons (Fsp3) is 1.00. The third-order valence-electron chi connectivity index (χ3n) is 4.31. The first-order chi connectivity index (χ1) is 5.54. The fourth-order valence-corrected chi connectivity index (χ4v) is 10.3. The minimum atomic E-state index is -1.62. The molecular formula is C10H21NSn. The van der Waals surface area contributed by atoms with Crippen molar-refractivity contribution in [3.8, 4) is 0 Å². The first kappa shape index (κ1) is 9.32. The summed E-state index contributed by atoms with van der Waals surface area (Å²) in [6.07, 6.45) is 4.60. The predicted molar refractivity (Wildman–Crippen MR) is 56.3 cm³/mol. The first-order valence-electron chi connectivity index (χ1n) is 5.26. The number of fused-ring (bicyclic) bond motifs is 3. The second-order valence-electron chi connectivity index (χ2n) is 5.62. The number of piperidine rings is 3. The molecule has 3 rings (SSSR count). The Morgan fingerprint density at radius 2 is 1.33 bits per heavy atom. The van der Waals surface area contributed by atoms with Gasteiger partial charge in [0.2, 0.25) is 0 Å². The Morgan fingerprint density at radius 3 is 1.58 bits per heavy atom. The molecule has 3 aliphatic rings. The molecule has 3 aliphatic heterocycles. The van der Waals surface area contributed by atoms with Crippen LogP contribution in [0.2, 0.25) is 18.2 Å². The normalized spacial score (nSPS) is 41.8. The van der Waals surface area contributed by atoms with Gasteiger partial charge in [0.05, 0.1) is 0 Å². The van der Waals surface area contributed by atoms with Gasteiger partial charge in [0.25, 0.3) is 0 Å². The predicted octanol–water partition coefficient (Wildman–Crippen LogP) is 2.56. The number of nitrogens with zero attached hydrogens (tertiary/aromatic N) is 1. The van der Waals surface area contributed by atoms with Crippen molar-refractivity contribution in [2.24, 2.45) is 0 Å². The van der Waals surface area contributed by atoms with Crippen molar-refractivity contribution in [1.29, 1.82) is 0 Å². The molecule has 3 heterocycles. The van der Waals surface area contributed by atoms with E-state index in [9.17, 15) is 0 Å². The molecule has 0 saturated carbocycles. The van der Waals surface area contributed by atoms with E-state index in [4.69, 9.17) is 0 Å². The molecule has 2 bridgehead atoms. The van der Waals surface area contributed by atoms with Crippen LogP contribution in [0.4, 0.5) is 0 Å². The third-order valence-corrected chi connectivity index (χ3v) is 15.5. The van der Waals surface area contributed by atoms with E-state index in [1.807, 2.05) is 0 Å². The van der Waals surface area contributed by atoms with Crippen LogP contribution in [0.3, 0.4) is 0 Å². The van der Waals surface area contributed by atoms with Gasteiger partial charge in [0.15, 0.2) is 0 Å². The van der Waals surface area contributed by atoms with Crippen molar-refractivity contribution < 1.29 is 0 Å². The molecule has 0 N–H and O–H groups in total. The van der Waals surface area contributed by atoms with Crippen molar-refractivity contribution in [3.05, 3.63) is 0 Å². The molecular weight excluding hydrogens is 253 g/mol. The Bertz CT molecular complexity index is 161. The molecule has 0 aromatic heterocycles. The molecule has 3 saturated heterocycles. The summed E-state index contributed by atoms with van der Waals surface area (Å²) in [7, 11) is 0. The van der Waals surface area contributed by atoms with Crippen molar-refractivity contribution in [3.63, 3.8) is 0 Å². The Kier molecular flexibility index (Phi) is 2.23. The van der Waals surface area contributed by atoms with Crippen LogP contribution in [0, 0.1) is 0 Å². The molecule has 0 aromatic rings. The Balaban J connectivity index is 2.19. The van der Waals surface area contributed by atoms with Crippen molar-refractivity contribution in [2.75, 3.05) is 19.6 Å². The third kappa shape index (κ3) is 1.33. The van der Waals surface area contributed by atoms with Gasteiger partial charge in [0, 0.05) is 0 Å². The van der Waals surface area contributed by atoms with Crippen LogP contribution in [-0.4, -0.2) is 42.9 Å². The molecule has 0 spiro atoms. The second kappa shape index (κ2) is 2.87. The standard InChI is InChI=1S/C7H12N.3CH3.Sn/c1-4-8-5-2-7(1)3-6-8;;;;/h1-6H2;3*1H3;. The van der Waals surface area contributed by atoms with E-state index in [2.05, 4.69) is 19.7 Å². The summed E-state index contributed by atoms with van der Waals surface area (Å²) in [4.78, 5) is 10.6. The molecule has 0 aromatic carbocycles. The van der Waals surface area contributed by atoms with E-state index in [-0.39, 0.29) is 0 Å². The van der Waals surface area contributed by atoms with Crippen LogP contribution in [0.5, 0.6) is 0 Å². The van der Waals surface area contributed by atoms with E-state index >= 15 is 0 Å². The van der Waals surface area contributed by atoms with Gasteiger partial charge < -0.3 is 0 Å². The van der Waals surface area contributed by atoms with Crippen molar-refractivity contribution in [1.82, 2.24) is 4.90 Å². The number of hydrogen-bond acceptors (Lipinski definition) is 1. The van der Waals surface area contributed by atoms with Crippen LogP contribution in [-0.2, 0) is 0 Å². The van der Waals surface area contributed by atoms with Gasteiger partial charge in [-0.15, -0.1) is 0 Å². The van der Waals surface area contributed by atoms with Crippen LogP contribution in [0.15, 0.2) is 0 Å². The molecule has 0 unspecified atom stereocenters. The summed E-state index contributed by atoms with van der Waals surface area (Å²) in [5.74, 6) is 0. The fourth-order valence-electron chi connectivity index (χ4n) is 2.95. The Labute approximate surface area is 80.4 Å². The number of rotatable bonds is 1. The second-order valence-corrected chi connectivity index (χ2v) is 21.5. The summed E-state index contributed by atoms with van der Waals surface area (Å²) in [6.45, 7) is 4.23. The molecule has 0 amide bonds. The van der Waals surface area contributed by atoms with Crippen molar-refractivity contribution >= 4 is 18.4 Å². The van der Waals surface area contributed by atoms with Gasteiger partial charge in [-0.3, -0.25) is 0 Å². The van der Waals surface area contributed by atoms with Crippen molar-refractivity contribution in [2.45, 2.75) is 37.5 Å². The van der Waals surface area contributed by atoms with E-state index < -0.39 is 18.4 Å². The van der Waals surface area contributed by atoms with E-state index in [0.717, 1.165) is 3.43 Å². The average molecular weight is 274 g/mol. The maximum absolute atomic E-state index is 2.65. The average Bonchev–Trinajstić information content (AvgIpc) is 2.06. The van der Waals surface area contributed by atoms with E-state index in [1.165, 1.54) is 38.9 Å². The van der Waals surface area contributed by atoms with E-state index in [0.29, 0.717) is 0 Å². The molecule has 70 valence electrons. The van der Waals surface area contributed by atoms with Gasteiger partial charge in [-0.1, -0.05) is 0 Å². The Hall–Kier alpha value is 0.759. The summed E-state index contributed by atoms with van der Waals surface area (Å²) in [6, 6.07) is 0. The summed E-state index contributed by atoms with van der Waals surface area (Å²) < 4.78 is 0.892. The van der Waals surface area contributed by atoms with Crippen LogP contribution in [0.25, 0.3) is 0 Å². The van der Waals surface area contributed by atoms with Gasteiger partial charge >= 0.3 is 80.4 Å². The van der Waals surface area contributed by atoms with Crippen LogP contribution < -0.4 is 0 Å². The monoisotopic (exact) mass is 275 g/mol. The molecule has 0 atom stereocenters. The Morgan fingerprint density at radius 1 is 0.917 bits per heavy atom. The summed E-state index contributed by atoms with van der Waals surface area (Å²) in [5, 5.41) is 0. The topological polar surface area (TPSA) is 3.24 Å². The quantitative estimate of drug-likeness (QED) is 0.664.